The number of nitrogens with zero attached hydrogens (tertiary/aromatic N) is 2. The van der Waals surface area contributed by atoms with E-state index < -0.39 is 0 Å². The van der Waals surface area contributed by atoms with Crippen LogP contribution in [0.15, 0.2) is 24.3 Å². The Labute approximate surface area is 156 Å². The molecule has 7 heteroatoms. The minimum atomic E-state index is -0.180. The van der Waals surface area contributed by atoms with Gasteiger partial charge in [0.25, 0.3) is 0 Å². The third-order valence-corrected chi connectivity index (χ3v) is 5.50. The molecule has 5 nitrogen and oxygen atoms in total. The lowest BCUT2D eigenvalue weighted by Crippen LogP contribution is -2.29. The third-order valence-electron chi connectivity index (χ3n) is 4.25. The molecule has 0 fully saturated rings. The van der Waals surface area contributed by atoms with Crippen LogP contribution < -0.4 is 5.32 Å². The first-order valence-electron chi connectivity index (χ1n) is 8.34. The quantitative estimate of drug-likeness (QED) is 0.778. The standard InChI is InChI=1S/C18H20ClN3O2S/c1-2-22-10-9-14-16(11-22)25-18(20-14)21-17(24)8-7-15(23)12-3-5-13(19)6-4-12/h3-6H,2,7-11H2,1H3,(H,20,21,24). The average Bonchev–Trinajstić information content (AvgIpc) is 3.01. The molecule has 1 aliphatic heterocycles. The number of anilines is 1. The first kappa shape index (κ1) is 18.0. The molecule has 0 spiro atoms. The van der Waals surface area contributed by atoms with Crippen molar-refractivity contribution in [2.75, 3.05) is 18.4 Å². The summed E-state index contributed by atoms with van der Waals surface area (Å²) in [5, 5.41) is 4.04. The molecule has 1 aromatic heterocycles. The summed E-state index contributed by atoms with van der Waals surface area (Å²) in [6.45, 7) is 5.07. The monoisotopic (exact) mass is 377 g/mol. The molecule has 0 aliphatic carbocycles. The SMILES string of the molecule is CCN1CCc2nc(NC(=O)CCC(=O)c3ccc(Cl)cc3)sc2C1. The summed E-state index contributed by atoms with van der Waals surface area (Å²) in [6.07, 6.45) is 1.24. The normalized spacial score (nSPS) is 14.2. The maximum atomic E-state index is 12.1. The van der Waals surface area contributed by atoms with Crippen molar-refractivity contribution in [3.63, 3.8) is 0 Å². The van der Waals surface area contributed by atoms with Crippen LogP contribution in [0.4, 0.5) is 5.13 Å². The van der Waals surface area contributed by atoms with Gasteiger partial charge in [-0.15, -0.1) is 11.3 Å². The Morgan fingerprint density at radius 2 is 2.04 bits per heavy atom. The highest BCUT2D eigenvalue weighted by Gasteiger charge is 2.20. The first-order valence-corrected chi connectivity index (χ1v) is 9.54. The van der Waals surface area contributed by atoms with Gasteiger partial charge in [0.05, 0.1) is 5.69 Å². The molecule has 132 valence electrons. The Kier molecular flexibility index (Phi) is 5.83. The van der Waals surface area contributed by atoms with Crippen molar-refractivity contribution < 1.29 is 9.59 Å². The van der Waals surface area contributed by atoms with Gasteiger partial charge in [-0.2, -0.15) is 0 Å². The van der Waals surface area contributed by atoms with Gasteiger partial charge in [-0.3, -0.25) is 14.5 Å². The molecule has 0 radical (unpaired) electrons. The van der Waals surface area contributed by atoms with Gasteiger partial charge in [0.15, 0.2) is 10.9 Å². The average molecular weight is 378 g/mol. The van der Waals surface area contributed by atoms with Crippen molar-refractivity contribution in [2.24, 2.45) is 0 Å². The largest absolute Gasteiger partial charge is 0.302 e. The van der Waals surface area contributed by atoms with Crippen LogP contribution in [0, 0.1) is 0 Å². The Balaban J connectivity index is 1.52. The van der Waals surface area contributed by atoms with Crippen LogP contribution in [-0.2, 0) is 17.8 Å². The van der Waals surface area contributed by atoms with E-state index in [2.05, 4.69) is 22.1 Å². The van der Waals surface area contributed by atoms with Crippen LogP contribution in [0.5, 0.6) is 0 Å². The number of nitrogens with one attached hydrogen (secondary N) is 1. The van der Waals surface area contributed by atoms with Crippen molar-refractivity contribution in [1.29, 1.82) is 0 Å². The number of amides is 1. The minimum Gasteiger partial charge on any atom is -0.302 e. The summed E-state index contributed by atoms with van der Waals surface area (Å²) in [5.74, 6) is -0.246. The van der Waals surface area contributed by atoms with E-state index in [0.717, 1.165) is 31.7 Å². The van der Waals surface area contributed by atoms with Crippen LogP contribution in [-0.4, -0.2) is 34.7 Å². The van der Waals surface area contributed by atoms with E-state index in [-0.39, 0.29) is 24.5 Å². The van der Waals surface area contributed by atoms with E-state index in [1.807, 2.05) is 0 Å². The van der Waals surface area contributed by atoms with Gasteiger partial charge in [-0.1, -0.05) is 18.5 Å². The summed E-state index contributed by atoms with van der Waals surface area (Å²) in [7, 11) is 0. The zero-order chi connectivity index (χ0) is 17.8. The van der Waals surface area contributed by atoms with E-state index in [9.17, 15) is 9.59 Å². The lowest BCUT2D eigenvalue weighted by molar-refractivity contribution is -0.116. The number of fused-ring (bicyclic) bond motifs is 1. The van der Waals surface area contributed by atoms with Gasteiger partial charge in [0, 0.05) is 47.8 Å². The van der Waals surface area contributed by atoms with Gasteiger partial charge in [-0.05, 0) is 30.8 Å². The van der Waals surface area contributed by atoms with E-state index >= 15 is 0 Å². The molecule has 0 unspecified atom stereocenters. The number of carbonyl (C=O) groups is 2. The Hall–Kier alpha value is -1.76. The van der Waals surface area contributed by atoms with Crippen LogP contribution in [0.25, 0.3) is 0 Å². The number of halogens is 1. The van der Waals surface area contributed by atoms with Gasteiger partial charge in [0.2, 0.25) is 5.91 Å². The fourth-order valence-electron chi connectivity index (χ4n) is 2.76. The van der Waals surface area contributed by atoms with Crippen LogP contribution in [0.1, 0.15) is 40.7 Å². The van der Waals surface area contributed by atoms with E-state index in [4.69, 9.17) is 11.6 Å². The molecule has 1 N–H and O–H groups in total. The molecule has 1 aliphatic rings. The lowest BCUT2D eigenvalue weighted by Gasteiger charge is -2.23. The first-order chi connectivity index (χ1) is 12.0. The highest BCUT2D eigenvalue weighted by Crippen LogP contribution is 2.28. The van der Waals surface area contributed by atoms with Crippen molar-refractivity contribution in [3.05, 3.63) is 45.4 Å². The summed E-state index contributed by atoms with van der Waals surface area (Å²) in [4.78, 5) is 32.3. The smallest absolute Gasteiger partial charge is 0.226 e. The van der Waals surface area contributed by atoms with Crippen LogP contribution >= 0.6 is 22.9 Å². The predicted octanol–water partition coefficient (Wildman–Crippen LogP) is 3.78. The van der Waals surface area contributed by atoms with E-state index in [0.29, 0.717) is 15.7 Å². The second-order valence-corrected chi connectivity index (χ2v) is 7.51. The molecule has 3 rings (SSSR count). The molecule has 25 heavy (non-hydrogen) atoms. The molecule has 2 heterocycles. The van der Waals surface area contributed by atoms with Gasteiger partial charge in [0.1, 0.15) is 0 Å². The number of carbonyl (C=O) groups excluding carboxylic acids is 2. The van der Waals surface area contributed by atoms with Gasteiger partial charge >= 0.3 is 0 Å². The van der Waals surface area contributed by atoms with Crippen LogP contribution in [0.2, 0.25) is 5.02 Å². The van der Waals surface area contributed by atoms with Crippen molar-refractivity contribution in [1.82, 2.24) is 9.88 Å². The second-order valence-electron chi connectivity index (χ2n) is 5.99. The summed E-state index contributed by atoms with van der Waals surface area (Å²) in [5.41, 5.74) is 1.66. The minimum absolute atomic E-state index is 0.0659. The fraction of sp³-hybridized carbons (Fsp3) is 0.389. The Morgan fingerprint density at radius 1 is 1.28 bits per heavy atom. The van der Waals surface area contributed by atoms with Crippen molar-refractivity contribution in [2.45, 2.75) is 32.7 Å². The Morgan fingerprint density at radius 3 is 2.76 bits per heavy atom. The van der Waals surface area contributed by atoms with Gasteiger partial charge < -0.3 is 5.32 Å². The molecule has 0 atom stereocenters. The zero-order valence-electron chi connectivity index (χ0n) is 14.0. The zero-order valence-corrected chi connectivity index (χ0v) is 15.6. The number of benzene rings is 1. The summed E-state index contributed by atoms with van der Waals surface area (Å²) in [6, 6.07) is 6.71. The molecule has 0 saturated carbocycles. The van der Waals surface area contributed by atoms with E-state index in [1.54, 1.807) is 24.3 Å². The molecule has 2 aromatic rings. The molecule has 0 bridgehead atoms. The van der Waals surface area contributed by atoms with Gasteiger partial charge in [-0.25, -0.2) is 4.98 Å². The molecular formula is C18H20ClN3O2S. The third kappa shape index (κ3) is 4.66. The van der Waals surface area contributed by atoms with Crippen molar-refractivity contribution in [3.8, 4) is 0 Å². The number of aromatic nitrogens is 1. The number of likely N-dealkylation sites (N-methyl/N-ethyl adjacent to an activating group) is 1. The number of rotatable bonds is 6. The highest BCUT2D eigenvalue weighted by atomic mass is 35.5. The van der Waals surface area contributed by atoms with Crippen LogP contribution in [0.3, 0.4) is 0 Å². The molecule has 1 aromatic carbocycles. The number of ketones is 1. The number of Topliss-reactive ketones (excluding diaryl/α,β-unsaturated/α-hetero) is 1. The molecular weight excluding hydrogens is 358 g/mol. The lowest BCUT2D eigenvalue weighted by atomic mass is 10.1. The summed E-state index contributed by atoms with van der Waals surface area (Å²) < 4.78 is 0. The number of hydrogen-bond donors (Lipinski definition) is 1. The topological polar surface area (TPSA) is 62.3 Å². The number of hydrogen-bond acceptors (Lipinski definition) is 5. The van der Waals surface area contributed by atoms with Crippen molar-refractivity contribution >= 4 is 39.8 Å². The fourth-order valence-corrected chi connectivity index (χ4v) is 3.95. The maximum Gasteiger partial charge on any atom is 0.226 e. The second kappa shape index (κ2) is 8.08. The summed E-state index contributed by atoms with van der Waals surface area (Å²) >= 11 is 7.34. The Bertz CT molecular complexity index is 773. The molecule has 0 saturated heterocycles. The number of thiazole rings is 1. The maximum absolute atomic E-state index is 12.1. The highest BCUT2D eigenvalue weighted by molar-refractivity contribution is 7.15. The van der Waals surface area contributed by atoms with E-state index in [1.165, 1.54) is 16.2 Å². The predicted molar refractivity (Wildman–Crippen MR) is 100 cm³/mol. The molecule has 1 amide bonds.